The zero-order chi connectivity index (χ0) is 14.8. The van der Waals surface area contributed by atoms with Crippen LogP contribution in [0.4, 0.5) is 4.79 Å². The molecule has 2 aromatic rings. The van der Waals surface area contributed by atoms with E-state index in [1.165, 1.54) is 0 Å². The van der Waals surface area contributed by atoms with Crippen LogP contribution in [0.5, 0.6) is 0 Å². The Balaban J connectivity index is 1.70. The van der Waals surface area contributed by atoms with Crippen LogP contribution in [0, 0.1) is 6.92 Å². The minimum absolute atomic E-state index is 0.108. The maximum absolute atomic E-state index is 12.3. The van der Waals surface area contributed by atoms with Gasteiger partial charge in [0.2, 0.25) is 0 Å². The minimum Gasteiger partial charge on any atom is -0.359 e. The second kappa shape index (κ2) is 5.40. The molecule has 1 aliphatic rings. The molecule has 1 saturated heterocycles. The second-order valence-corrected chi connectivity index (χ2v) is 5.05. The Morgan fingerprint density at radius 3 is 2.71 bits per heavy atom. The van der Waals surface area contributed by atoms with Gasteiger partial charge in [0.25, 0.3) is 5.91 Å². The standard InChI is InChI=1S/C15H15N3O3/c1-10-7-12(21-17-10)9-18-14(19)13(16-15(18)20)8-11-5-3-2-4-6-11/h2-7,13H,8-9H2,1H3,(H,16,20)/t13-/m0/s1. The summed E-state index contributed by atoms with van der Waals surface area (Å²) in [4.78, 5) is 25.4. The molecule has 6 nitrogen and oxygen atoms in total. The van der Waals surface area contributed by atoms with E-state index >= 15 is 0 Å². The van der Waals surface area contributed by atoms with Crippen molar-refractivity contribution in [3.63, 3.8) is 0 Å². The van der Waals surface area contributed by atoms with Crippen LogP contribution in [0.2, 0.25) is 0 Å². The lowest BCUT2D eigenvalue weighted by Crippen LogP contribution is -2.32. The summed E-state index contributed by atoms with van der Waals surface area (Å²) < 4.78 is 5.05. The van der Waals surface area contributed by atoms with Crippen LogP contribution in [0.1, 0.15) is 17.0 Å². The average molecular weight is 285 g/mol. The molecule has 3 amide bonds. The molecule has 108 valence electrons. The lowest BCUT2D eigenvalue weighted by atomic mass is 10.1. The van der Waals surface area contributed by atoms with Gasteiger partial charge in [-0.05, 0) is 12.5 Å². The zero-order valence-electron chi connectivity index (χ0n) is 11.6. The predicted octanol–water partition coefficient (Wildman–Crippen LogP) is 1.65. The van der Waals surface area contributed by atoms with Gasteiger partial charge in [-0.1, -0.05) is 35.5 Å². The molecule has 0 radical (unpaired) electrons. The Morgan fingerprint density at radius 2 is 2.05 bits per heavy atom. The minimum atomic E-state index is -0.524. The Labute approximate surface area is 121 Å². The monoisotopic (exact) mass is 285 g/mol. The fraction of sp³-hybridized carbons (Fsp3) is 0.267. The van der Waals surface area contributed by atoms with E-state index < -0.39 is 12.1 Å². The number of carbonyl (C=O) groups excluding carboxylic acids is 2. The highest BCUT2D eigenvalue weighted by Crippen LogP contribution is 2.15. The number of hydrogen-bond acceptors (Lipinski definition) is 4. The number of imide groups is 1. The largest absolute Gasteiger partial charge is 0.359 e. The van der Waals surface area contributed by atoms with Gasteiger partial charge in [-0.15, -0.1) is 0 Å². The van der Waals surface area contributed by atoms with Crippen molar-refractivity contribution in [2.45, 2.75) is 25.9 Å². The number of hydrogen-bond donors (Lipinski definition) is 1. The fourth-order valence-corrected chi connectivity index (χ4v) is 2.36. The molecule has 0 spiro atoms. The number of aryl methyl sites for hydroxylation is 1. The number of nitrogens with one attached hydrogen (secondary N) is 1. The van der Waals surface area contributed by atoms with Crippen LogP contribution in [-0.4, -0.2) is 28.0 Å². The van der Waals surface area contributed by atoms with E-state index in [1.54, 1.807) is 13.0 Å². The first-order chi connectivity index (χ1) is 10.1. The molecule has 1 fully saturated rings. The van der Waals surface area contributed by atoms with Crippen molar-refractivity contribution in [3.05, 3.63) is 53.4 Å². The highest BCUT2D eigenvalue weighted by Gasteiger charge is 2.38. The summed E-state index contributed by atoms with van der Waals surface area (Å²) in [6, 6.07) is 10.4. The highest BCUT2D eigenvalue weighted by molar-refractivity contribution is 6.04. The molecule has 1 atom stereocenters. The number of carbonyl (C=O) groups is 2. The van der Waals surface area contributed by atoms with Crippen molar-refractivity contribution in [3.8, 4) is 0 Å². The topological polar surface area (TPSA) is 75.4 Å². The molecular formula is C15H15N3O3. The van der Waals surface area contributed by atoms with Gasteiger partial charge in [-0.3, -0.25) is 9.69 Å². The van der Waals surface area contributed by atoms with Gasteiger partial charge in [-0.25, -0.2) is 4.79 Å². The quantitative estimate of drug-likeness (QED) is 0.867. The van der Waals surface area contributed by atoms with Crippen LogP contribution in [-0.2, 0) is 17.8 Å². The lowest BCUT2D eigenvalue weighted by Gasteiger charge is -2.10. The van der Waals surface area contributed by atoms with Gasteiger partial charge in [0, 0.05) is 12.5 Å². The van der Waals surface area contributed by atoms with Crippen LogP contribution < -0.4 is 5.32 Å². The molecule has 3 rings (SSSR count). The van der Waals surface area contributed by atoms with Crippen molar-refractivity contribution in [1.29, 1.82) is 0 Å². The first-order valence-electron chi connectivity index (χ1n) is 6.71. The highest BCUT2D eigenvalue weighted by atomic mass is 16.5. The number of aromatic nitrogens is 1. The molecule has 0 bridgehead atoms. The van der Waals surface area contributed by atoms with E-state index in [1.807, 2.05) is 30.3 Å². The molecule has 1 N–H and O–H groups in total. The number of urea groups is 1. The molecule has 21 heavy (non-hydrogen) atoms. The number of benzene rings is 1. The average Bonchev–Trinajstić information content (AvgIpc) is 2.99. The van der Waals surface area contributed by atoms with Crippen molar-refractivity contribution >= 4 is 11.9 Å². The number of rotatable bonds is 4. The Hall–Kier alpha value is -2.63. The van der Waals surface area contributed by atoms with Gasteiger partial charge < -0.3 is 9.84 Å². The molecule has 0 aliphatic carbocycles. The maximum Gasteiger partial charge on any atom is 0.325 e. The zero-order valence-corrected chi connectivity index (χ0v) is 11.6. The van der Waals surface area contributed by atoms with E-state index in [9.17, 15) is 9.59 Å². The molecular weight excluding hydrogens is 270 g/mol. The molecule has 1 aromatic carbocycles. The number of amides is 3. The Morgan fingerprint density at radius 1 is 1.29 bits per heavy atom. The molecule has 6 heteroatoms. The van der Waals surface area contributed by atoms with Crippen molar-refractivity contribution in [1.82, 2.24) is 15.4 Å². The third kappa shape index (κ3) is 2.79. The summed E-state index contributed by atoms with van der Waals surface area (Å²) in [6.45, 7) is 1.90. The summed E-state index contributed by atoms with van der Waals surface area (Å²) in [6.07, 6.45) is 0.483. The van der Waals surface area contributed by atoms with Crippen LogP contribution in [0.25, 0.3) is 0 Å². The summed E-state index contributed by atoms with van der Waals surface area (Å²) in [7, 11) is 0. The molecule has 1 aromatic heterocycles. The van der Waals surface area contributed by atoms with Gasteiger partial charge in [0.1, 0.15) is 6.04 Å². The predicted molar refractivity (Wildman–Crippen MR) is 74.3 cm³/mol. The molecule has 0 saturated carbocycles. The molecule has 2 heterocycles. The smallest absolute Gasteiger partial charge is 0.325 e. The third-order valence-corrected chi connectivity index (χ3v) is 3.38. The summed E-state index contributed by atoms with van der Waals surface area (Å²) in [5.74, 6) is 0.259. The Bertz CT molecular complexity index is 666. The number of nitrogens with zero attached hydrogens (tertiary/aromatic N) is 2. The van der Waals surface area contributed by atoms with Crippen LogP contribution in [0.15, 0.2) is 40.9 Å². The SMILES string of the molecule is Cc1cc(CN2C(=O)N[C@@H](Cc3ccccc3)C2=O)on1. The van der Waals surface area contributed by atoms with Gasteiger partial charge in [0.15, 0.2) is 5.76 Å². The van der Waals surface area contributed by atoms with E-state index in [-0.39, 0.29) is 12.5 Å². The normalized spacial score (nSPS) is 18.1. The lowest BCUT2D eigenvalue weighted by molar-refractivity contribution is -0.128. The van der Waals surface area contributed by atoms with Gasteiger partial charge in [0.05, 0.1) is 12.2 Å². The molecule has 1 aliphatic heterocycles. The van der Waals surface area contributed by atoms with E-state index in [2.05, 4.69) is 10.5 Å². The molecule has 0 unspecified atom stereocenters. The van der Waals surface area contributed by atoms with Crippen LogP contribution in [0.3, 0.4) is 0 Å². The van der Waals surface area contributed by atoms with Crippen molar-refractivity contribution in [2.75, 3.05) is 0 Å². The van der Waals surface area contributed by atoms with Gasteiger partial charge in [-0.2, -0.15) is 0 Å². The van der Waals surface area contributed by atoms with Crippen molar-refractivity contribution in [2.24, 2.45) is 0 Å². The van der Waals surface area contributed by atoms with Crippen LogP contribution >= 0.6 is 0 Å². The van der Waals surface area contributed by atoms with E-state index in [0.717, 1.165) is 16.2 Å². The summed E-state index contributed by atoms with van der Waals surface area (Å²) in [5, 5.41) is 6.46. The van der Waals surface area contributed by atoms with E-state index in [4.69, 9.17) is 4.52 Å². The first-order valence-corrected chi connectivity index (χ1v) is 6.71. The second-order valence-electron chi connectivity index (χ2n) is 5.05. The third-order valence-electron chi connectivity index (χ3n) is 3.38. The van der Waals surface area contributed by atoms with E-state index in [0.29, 0.717) is 12.2 Å². The Kier molecular flexibility index (Phi) is 3.43. The first kappa shape index (κ1) is 13.4. The van der Waals surface area contributed by atoms with Crippen molar-refractivity contribution < 1.29 is 14.1 Å². The van der Waals surface area contributed by atoms with Gasteiger partial charge >= 0.3 is 6.03 Å². The fourth-order valence-electron chi connectivity index (χ4n) is 2.36. The summed E-state index contributed by atoms with van der Waals surface area (Å²) >= 11 is 0. The summed E-state index contributed by atoms with van der Waals surface area (Å²) in [5.41, 5.74) is 1.73. The maximum atomic E-state index is 12.3.